The average Bonchev–Trinajstić information content (AvgIpc) is 3.20. The van der Waals surface area contributed by atoms with Crippen LogP contribution in [0.1, 0.15) is 12.5 Å². The Kier molecular flexibility index (Phi) is 4.54. The predicted octanol–water partition coefficient (Wildman–Crippen LogP) is 2.49. The first-order valence-electron chi connectivity index (χ1n) is 8.86. The van der Waals surface area contributed by atoms with Crippen LogP contribution in [0.2, 0.25) is 0 Å². The van der Waals surface area contributed by atoms with Crippen LogP contribution in [0.5, 0.6) is 17.2 Å². The molecule has 7 nitrogen and oxygen atoms in total. The molecule has 0 bridgehead atoms. The minimum absolute atomic E-state index is 0.000196. The van der Waals surface area contributed by atoms with E-state index in [-0.39, 0.29) is 31.6 Å². The molecule has 2 heterocycles. The van der Waals surface area contributed by atoms with E-state index in [4.69, 9.17) is 14.2 Å². The van der Waals surface area contributed by atoms with Gasteiger partial charge in [-0.1, -0.05) is 18.2 Å². The van der Waals surface area contributed by atoms with E-state index < -0.39 is 17.4 Å². The lowest BCUT2D eigenvalue weighted by atomic mass is 9.92. The highest BCUT2D eigenvalue weighted by molar-refractivity contribution is 6.07. The summed E-state index contributed by atoms with van der Waals surface area (Å²) in [5.74, 6) is 0.507. The smallest absolute Gasteiger partial charge is 0.325 e. The van der Waals surface area contributed by atoms with Crippen LogP contribution in [0.25, 0.3) is 0 Å². The number of nitrogens with zero attached hydrogens (tertiary/aromatic N) is 1. The monoisotopic (exact) mass is 386 g/mol. The van der Waals surface area contributed by atoms with Gasteiger partial charge in [-0.05, 0) is 36.8 Å². The van der Waals surface area contributed by atoms with Crippen molar-refractivity contribution in [2.24, 2.45) is 0 Å². The van der Waals surface area contributed by atoms with Crippen molar-refractivity contribution in [3.8, 4) is 17.2 Å². The maximum absolute atomic E-state index is 13.6. The number of fused-ring (bicyclic) bond motifs is 1. The molecule has 28 heavy (non-hydrogen) atoms. The molecule has 4 rings (SSSR count). The molecular weight excluding hydrogens is 367 g/mol. The highest BCUT2D eigenvalue weighted by Crippen LogP contribution is 2.34. The lowest BCUT2D eigenvalue weighted by Gasteiger charge is -2.22. The van der Waals surface area contributed by atoms with Crippen molar-refractivity contribution in [3.05, 3.63) is 53.8 Å². The SMILES string of the molecule is C[C@@]1(Cc2ccc3c(c2)OCO3)NC(=O)N(CCOc2ccccc2F)C1=O. The second kappa shape index (κ2) is 7.03. The van der Waals surface area contributed by atoms with Gasteiger partial charge in [-0.25, -0.2) is 9.18 Å². The van der Waals surface area contributed by atoms with Crippen LogP contribution < -0.4 is 19.5 Å². The van der Waals surface area contributed by atoms with E-state index in [0.717, 1.165) is 10.5 Å². The van der Waals surface area contributed by atoms with E-state index in [1.807, 2.05) is 6.07 Å². The van der Waals surface area contributed by atoms with Gasteiger partial charge in [0.1, 0.15) is 12.1 Å². The first-order valence-corrected chi connectivity index (χ1v) is 8.86. The van der Waals surface area contributed by atoms with Crippen molar-refractivity contribution in [2.45, 2.75) is 18.9 Å². The molecule has 1 atom stereocenters. The van der Waals surface area contributed by atoms with Gasteiger partial charge in [-0.3, -0.25) is 9.69 Å². The van der Waals surface area contributed by atoms with Crippen molar-refractivity contribution < 1.29 is 28.2 Å². The Morgan fingerprint density at radius 1 is 1.18 bits per heavy atom. The van der Waals surface area contributed by atoms with Crippen LogP contribution in [-0.2, 0) is 11.2 Å². The Bertz CT molecular complexity index is 935. The number of para-hydroxylation sites is 1. The summed E-state index contributed by atoms with van der Waals surface area (Å²) in [4.78, 5) is 26.2. The Labute approximate surface area is 161 Å². The van der Waals surface area contributed by atoms with Gasteiger partial charge in [0.15, 0.2) is 23.1 Å². The van der Waals surface area contributed by atoms with Crippen molar-refractivity contribution in [3.63, 3.8) is 0 Å². The molecule has 146 valence electrons. The molecule has 2 aliphatic heterocycles. The Hall–Kier alpha value is -3.29. The fourth-order valence-corrected chi connectivity index (χ4v) is 3.34. The lowest BCUT2D eigenvalue weighted by molar-refractivity contribution is -0.131. The zero-order valence-corrected chi connectivity index (χ0v) is 15.2. The van der Waals surface area contributed by atoms with Crippen LogP contribution in [0.4, 0.5) is 9.18 Å². The van der Waals surface area contributed by atoms with E-state index in [1.165, 1.54) is 12.1 Å². The largest absolute Gasteiger partial charge is 0.489 e. The number of imide groups is 1. The molecule has 1 saturated heterocycles. The number of rotatable bonds is 6. The Morgan fingerprint density at radius 2 is 1.96 bits per heavy atom. The summed E-state index contributed by atoms with van der Waals surface area (Å²) in [5.41, 5.74) is -0.243. The van der Waals surface area contributed by atoms with Crippen LogP contribution in [0.3, 0.4) is 0 Å². The maximum atomic E-state index is 13.6. The normalized spacial score (nSPS) is 20.4. The number of carbonyl (C=O) groups is 2. The summed E-state index contributed by atoms with van der Waals surface area (Å²) in [6.45, 7) is 1.87. The summed E-state index contributed by atoms with van der Waals surface area (Å²) >= 11 is 0. The summed E-state index contributed by atoms with van der Waals surface area (Å²) in [6, 6.07) is 10.9. The van der Waals surface area contributed by atoms with Gasteiger partial charge in [0.2, 0.25) is 6.79 Å². The number of hydrogen-bond donors (Lipinski definition) is 1. The maximum Gasteiger partial charge on any atom is 0.325 e. The minimum atomic E-state index is -1.08. The highest BCUT2D eigenvalue weighted by atomic mass is 19.1. The summed E-state index contributed by atoms with van der Waals surface area (Å²) < 4.78 is 29.6. The molecule has 2 aliphatic rings. The molecule has 8 heteroatoms. The topological polar surface area (TPSA) is 77.1 Å². The number of ether oxygens (including phenoxy) is 3. The van der Waals surface area contributed by atoms with Gasteiger partial charge in [0.05, 0.1) is 6.54 Å². The van der Waals surface area contributed by atoms with Gasteiger partial charge in [-0.2, -0.15) is 0 Å². The molecule has 0 spiro atoms. The summed E-state index contributed by atoms with van der Waals surface area (Å²) in [6.07, 6.45) is 0.304. The Balaban J connectivity index is 1.40. The van der Waals surface area contributed by atoms with Gasteiger partial charge in [0.25, 0.3) is 5.91 Å². The van der Waals surface area contributed by atoms with Crippen LogP contribution in [0.15, 0.2) is 42.5 Å². The van der Waals surface area contributed by atoms with Crippen molar-refractivity contribution in [2.75, 3.05) is 19.9 Å². The molecule has 1 N–H and O–H groups in total. The van der Waals surface area contributed by atoms with E-state index >= 15 is 0 Å². The van der Waals surface area contributed by atoms with Crippen LogP contribution in [-0.4, -0.2) is 42.3 Å². The third-order valence-electron chi connectivity index (χ3n) is 4.75. The number of benzene rings is 2. The third-order valence-corrected chi connectivity index (χ3v) is 4.75. The fraction of sp³-hybridized carbons (Fsp3) is 0.300. The van der Waals surface area contributed by atoms with Crippen molar-refractivity contribution in [1.82, 2.24) is 10.2 Å². The quantitative estimate of drug-likeness (QED) is 0.772. The first-order chi connectivity index (χ1) is 13.5. The summed E-state index contributed by atoms with van der Waals surface area (Å²) in [7, 11) is 0. The second-order valence-corrected chi connectivity index (χ2v) is 6.86. The standard InChI is InChI=1S/C20H19FN2O5/c1-20(11-13-6-7-16-17(10-13)28-12-27-16)18(24)23(19(25)22-20)8-9-26-15-5-3-2-4-14(15)21/h2-7,10H,8-9,11-12H2,1H3,(H,22,25)/t20-/m0/s1. The van der Waals surface area contributed by atoms with Crippen LogP contribution >= 0.6 is 0 Å². The molecule has 0 unspecified atom stereocenters. The van der Waals surface area contributed by atoms with Crippen molar-refractivity contribution in [1.29, 1.82) is 0 Å². The zero-order valence-electron chi connectivity index (χ0n) is 15.2. The lowest BCUT2D eigenvalue weighted by Crippen LogP contribution is -2.46. The van der Waals surface area contributed by atoms with E-state index in [0.29, 0.717) is 17.9 Å². The van der Waals surface area contributed by atoms with Gasteiger partial charge in [0, 0.05) is 6.42 Å². The van der Waals surface area contributed by atoms with E-state index in [9.17, 15) is 14.0 Å². The first kappa shape index (κ1) is 18.1. The highest BCUT2D eigenvalue weighted by Gasteiger charge is 2.47. The molecule has 0 radical (unpaired) electrons. The van der Waals surface area contributed by atoms with Gasteiger partial charge < -0.3 is 19.5 Å². The minimum Gasteiger partial charge on any atom is -0.489 e. The number of hydrogen-bond acceptors (Lipinski definition) is 5. The molecule has 1 fully saturated rings. The number of nitrogens with one attached hydrogen (secondary N) is 1. The number of amides is 3. The number of halogens is 1. The Morgan fingerprint density at radius 3 is 2.79 bits per heavy atom. The van der Waals surface area contributed by atoms with Gasteiger partial charge >= 0.3 is 6.03 Å². The predicted molar refractivity (Wildman–Crippen MR) is 96.8 cm³/mol. The third kappa shape index (κ3) is 3.33. The summed E-state index contributed by atoms with van der Waals surface area (Å²) in [5, 5.41) is 2.74. The second-order valence-electron chi connectivity index (χ2n) is 6.86. The fourth-order valence-electron chi connectivity index (χ4n) is 3.34. The average molecular weight is 386 g/mol. The molecule has 0 saturated carbocycles. The van der Waals surface area contributed by atoms with E-state index in [1.54, 1.807) is 31.2 Å². The molecular formula is C20H19FN2O5. The van der Waals surface area contributed by atoms with Crippen LogP contribution in [0, 0.1) is 5.82 Å². The van der Waals surface area contributed by atoms with Gasteiger partial charge in [-0.15, -0.1) is 0 Å². The number of carbonyl (C=O) groups excluding carboxylic acids is 2. The molecule has 2 aromatic rings. The molecule has 0 aromatic heterocycles. The van der Waals surface area contributed by atoms with Crippen molar-refractivity contribution >= 4 is 11.9 Å². The molecule has 2 aromatic carbocycles. The number of urea groups is 1. The zero-order chi connectivity index (χ0) is 19.7. The van der Waals surface area contributed by atoms with E-state index in [2.05, 4.69) is 5.32 Å². The molecule has 3 amide bonds. The molecule has 0 aliphatic carbocycles.